The molecule has 1 N–H and O–H groups in total. The molecule has 2 aliphatic rings. The Morgan fingerprint density at radius 1 is 1.33 bits per heavy atom. The SMILES string of the molecule is COc1ccc2c(c1)C(O)C(N(CCC(C)C)C1CC1)C2. The van der Waals surface area contributed by atoms with Crippen LogP contribution in [0.1, 0.15) is 50.3 Å². The highest BCUT2D eigenvalue weighted by atomic mass is 16.5. The maximum absolute atomic E-state index is 10.8. The number of benzene rings is 1. The van der Waals surface area contributed by atoms with E-state index in [4.69, 9.17) is 4.74 Å². The summed E-state index contributed by atoms with van der Waals surface area (Å²) in [6.45, 7) is 5.65. The molecule has 2 aliphatic carbocycles. The molecule has 0 aromatic heterocycles. The van der Waals surface area contributed by atoms with Gasteiger partial charge in [-0.1, -0.05) is 19.9 Å². The van der Waals surface area contributed by atoms with Gasteiger partial charge < -0.3 is 9.84 Å². The molecule has 1 fully saturated rings. The van der Waals surface area contributed by atoms with E-state index in [0.717, 1.165) is 24.3 Å². The fourth-order valence-corrected chi connectivity index (χ4v) is 3.44. The average Bonchev–Trinajstić information content (AvgIpc) is 3.25. The van der Waals surface area contributed by atoms with Crippen molar-refractivity contribution in [3.63, 3.8) is 0 Å². The molecule has 1 saturated carbocycles. The van der Waals surface area contributed by atoms with Crippen molar-refractivity contribution >= 4 is 0 Å². The summed E-state index contributed by atoms with van der Waals surface area (Å²) in [4.78, 5) is 2.57. The second kappa shape index (κ2) is 5.98. The number of hydrogen-bond acceptors (Lipinski definition) is 3. The third-order valence-electron chi connectivity index (χ3n) is 4.87. The Kier molecular flexibility index (Phi) is 4.23. The molecule has 2 unspecified atom stereocenters. The molecule has 0 bridgehead atoms. The van der Waals surface area contributed by atoms with Gasteiger partial charge in [0.1, 0.15) is 5.75 Å². The third-order valence-corrected chi connectivity index (χ3v) is 4.87. The summed E-state index contributed by atoms with van der Waals surface area (Å²) in [7, 11) is 1.68. The first-order valence-corrected chi connectivity index (χ1v) is 8.20. The highest BCUT2D eigenvalue weighted by molar-refractivity contribution is 5.42. The molecule has 0 radical (unpaired) electrons. The van der Waals surface area contributed by atoms with Gasteiger partial charge >= 0.3 is 0 Å². The number of ether oxygens (including phenoxy) is 1. The average molecular weight is 289 g/mol. The van der Waals surface area contributed by atoms with Crippen molar-refractivity contribution in [2.45, 2.75) is 57.7 Å². The van der Waals surface area contributed by atoms with Crippen molar-refractivity contribution in [3.05, 3.63) is 29.3 Å². The Balaban J connectivity index is 1.76. The number of rotatable bonds is 6. The third kappa shape index (κ3) is 3.09. The summed E-state index contributed by atoms with van der Waals surface area (Å²) >= 11 is 0. The predicted octanol–water partition coefficient (Wildman–Crippen LogP) is 3.16. The van der Waals surface area contributed by atoms with Crippen LogP contribution in [-0.2, 0) is 6.42 Å². The van der Waals surface area contributed by atoms with Gasteiger partial charge in [0.25, 0.3) is 0 Å². The van der Waals surface area contributed by atoms with Crippen molar-refractivity contribution in [1.82, 2.24) is 4.90 Å². The Bertz CT molecular complexity index is 496. The Morgan fingerprint density at radius 3 is 2.71 bits per heavy atom. The van der Waals surface area contributed by atoms with Crippen LogP contribution in [0.5, 0.6) is 5.75 Å². The Labute approximate surface area is 127 Å². The van der Waals surface area contributed by atoms with Crippen molar-refractivity contribution in [1.29, 1.82) is 0 Å². The summed E-state index contributed by atoms with van der Waals surface area (Å²) in [5.41, 5.74) is 2.35. The standard InChI is InChI=1S/C18H27NO2/c1-12(2)8-9-19(14-5-6-14)17-10-13-4-7-15(21-3)11-16(13)18(17)20/h4,7,11-12,14,17-18,20H,5-6,8-10H2,1-3H3. The van der Waals surface area contributed by atoms with Crippen LogP contribution in [0, 0.1) is 5.92 Å². The quantitative estimate of drug-likeness (QED) is 0.873. The maximum atomic E-state index is 10.8. The monoisotopic (exact) mass is 289 g/mol. The largest absolute Gasteiger partial charge is 0.497 e. The van der Waals surface area contributed by atoms with Crippen molar-refractivity contribution in [3.8, 4) is 5.75 Å². The molecule has 1 aromatic carbocycles. The first-order valence-electron chi connectivity index (χ1n) is 8.20. The number of methoxy groups -OCH3 is 1. The normalized spacial score (nSPS) is 24.7. The van der Waals surface area contributed by atoms with Gasteiger partial charge in [0.05, 0.1) is 13.2 Å². The van der Waals surface area contributed by atoms with Gasteiger partial charge in [0, 0.05) is 12.1 Å². The fraction of sp³-hybridized carbons (Fsp3) is 0.667. The topological polar surface area (TPSA) is 32.7 Å². The number of aliphatic hydroxyl groups excluding tert-OH is 1. The summed E-state index contributed by atoms with van der Waals surface area (Å²) in [6.07, 6.45) is 4.39. The second-order valence-electron chi connectivity index (χ2n) is 6.93. The maximum Gasteiger partial charge on any atom is 0.119 e. The number of hydrogen-bond donors (Lipinski definition) is 1. The molecule has 2 atom stereocenters. The molecule has 3 heteroatoms. The van der Waals surface area contributed by atoms with Gasteiger partial charge in [-0.3, -0.25) is 4.90 Å². The zero-order valence-electron chi connectivity index (χ0n) is 13.4. The lowest BCUT2D eigenvalue weighted by Gasteiger charge is -2.32. The summed E-state index contributed by atoms with van der Waals surface area (Å²) in [6, 6.07) is 7.07. The second-order valence-corrected chi connectivity index (χ2v) is 6.93. The molecular formula is C18H27NO2. The zero-order valence-corrected chi connectivity index (χ0v) is 13.4. The van der Waals surface area contributed by atoms with Crippen molar-refractivity contribution in [2.24, 2.45) is 5.92 Å². The van der Waals surface area contributed by atoms with E-state index in [9.17, 15) is 5.11 Å². The van der Waals surface area contributed by atoms with Crippen LogP contribution >= 0.6 is 0 Å². The van der Waals surface area contributed by atoms with Crippen molar-refractivity contribution in [2.75, 3.05) is 13.7 Å². The highest BCUT2D eigenvalue weighted by Gasteiger charge is 2.41. The minimum Gasteiger partial charge on any atom is -0.497 e. The highest BCUT2D eigenvalue weighted by Crippen LogP contribution is 2.40. The molecule has 0 heterocycles. The molecule has 3 nitrogen and oxygen atoms in total. The first-order chi connectivity index (χ1) is 10.1. The molecule has 116 valence electrons. The zero-order chi connectivity index (χ0) is 15.0. The van der Waals surface area contributed by atoms with E-state index in [0.29, 0.717) is 12.0 Å². The van der Waals surface area contributed by atoms with Gasteiger partial charge in [-0.25, -0.2) is 0 Å². The molecule has 0 saturated heterocycles. The number of fused-ring (bicyclic) bond motifs is 1. The lowest BCUT2D eigenvalue weighted by Crippen LogP contribution is -2.41. The van der Waals surface area contributed by atoms with E-state index >= 15 is 0 Å². The smallest absolute Gasteiger partial charge is 0.119 e. The van der Waals surface area contributed by atoms with Crippen LogP contribution in [-0.4, -0.2) is 35.7 Å². The summed E-state index contributed by atoms with van der Waals surface area (Å²) < 4.78 is 5.30. The van der Waals surface area contributed by atoms with Crippen LogP contribution in [0.4, 0.5) is 0 Å². The minimum atomic E-state index is -0.372. The van der Waals surface area contributed by atoms with E-state index in [2.05, 4.69) is 24.8 Å². The van der Waals surface area contributed by atoms with Gasteiger partial charge in [-0.2, -0.15) is 0 Å². The van der Waals surface area contributed by atoms with Crippen LogP contribution < -0.4 is 4.74 Å². The van der Waals surface area contributed by atoms with E-state index in [-0.39, 0.29) is 12.1 Å². The van der Waals surface area contributed by atoms with E-state index in [1.54, 1.807) is 7.11 Å². The van der Waals surface area contributed by atoms with Crippen LogP contribution in [0.15, 0.2) is 18.2 Å². The molecule has 0 amide bonds. The fourth-order valence-electron chi connectivity index (χ4n) is 3.44. The van der Waals surface area contributed by atoms with E-state index in [1.165, 1.54) is 24.8 Å². The summed E-state index contributed by atoms with van der Waals surface area (Å²) in [5, 5.41) is 10.8. The van der Waals surface area contributed by atoms with Gasteiger partial charge in [-0.15, -0.1) is 0 Å². The molecule has 0 spiro atoms. The lowest BCUT2D eigenvalue weighted by atomic mass is 10.1. The van der Waals surface area contributed by atoms with E-state index < -0.39 is 0 Å². The van der Waals surface area contributed by atoms with Gasteiger partial charge in [-0.05, 0) is 61.4 Å². The molecule has 3 rings (SSSR count). The lowest BCUT2D eigenvalue weighted by molar-refractivity contribution is 0.0526. The number of aliphatic hydroxyl groups is 1. The van der Waals surface area contributed by atoms with Crippen LogP contribution in [0.3, 0.4) is 0 Å². The number of nitrogens with zero attached hydrogens (tertiary/aromatic N) is 1. The first kappa shape index (κ1) is 14.9. The predicted molar refractivity (Wildman–Crippen MR) is 84.6 cm³/mol. The Hall–Kier alpha value is -1.06. The molecular weight excluding hydrogens is 262 g/mol. The van der Waals surface area contributed by atoms with Crippen LogP contribution in [0.2, 0.25) is 0 Å². The van der Waals surface area contributed by atoms with Gasteiger partial charge in [0.15, 0.2) is 0 Å². The Morgan fingerprint density at radius 2 is 2.10 bits per heavy atom. The van der Waals surface area contributed by atoms with Crippen LogP contribution in [0.25, 0.3) is 0 Å². The van der Waals surface area contributed by atoms with E-state index in [1.807, 2.05) is 12.1 Å². The van der Waals surface area contributed by atoms with Gasteiger partial charge in [0.2, 0.25) is 0 Å². The molecule has 0 aliphatic heterocycles. The van der Waals surface area contributed by atoms with Crippen molar-refractivity contribution < 1.29 is 9.84 Å². The molecule has 21 heavy (non-hydrogen) atoms. The molecule has 1 aromatic rings. The minimum absolute atomic E-state index is 0.248. The summed E-state index contributed by atoms with van der Waals surface area (Å²) in [5.74, 6) is 1.56.